The third-order valence-corrected chi connectivity index (χ3v) is 4.49. The van der Waals surface area contributed by atoms with E-state index in [0.29, 0.717) is 18.0 Å². The second kappa shape index (κ2) is 6.55. The second-order valence-electron chi connectivity index (χ2n) is 6.10. The van der Waals surface area contributed by atoms with Crippen LogP contribution in [-0.4, -0.2) is 50.2 Å². The molecule has 4 nitrogen and oxygen atoms in total. The predicted molar refractivity (Wildman–Crippen MR) is 85.2 cm³/mol. The normalized spacial score (nSPS) is 24.4. The first-order valence-corrected chi connectivity index (χ1v) is 7.61. The van der Waals surface area contributed by atoms with E-state index in [9.17, 15) is 0 Å². The largest absolute Gasteiger partial charge is 0.368 e. The number of pyridine rings is 1. The van der Waals surface area contributed by atoms with E-state index in [2.05, 4.69) is 60.2 Å². The van der Waals surface area contributed by atoms with Crippen molar-refractivity contribution in [1.29, 1.82) is 0 Å². The summed E-state index contributed by atoms with van der Waals surface area (Å²) in [6.45, 7) is 6.73. The number of rotatable bonds is 5. The van der Waals surface area contributed by atoms with Gasteiger partial charge in [-0.15, -0.1) is 0 Å². The molecular weight excluding hydrogens is 248 g/mol. The van der Waals surface area contributed by atoms with Gasteiger partial charge in [-0.3, -0.25) is 4.98 Å². The second-order valence-corrected chi connectivity index (χ2v) is 6.10. The van der Waals surface area contributed by atoms with E-state index in [1.807, 2.05) is 13.2 Å². The average Bonchev–Trinajstić information content (AvgIpc) is 2.83. The Kier molecular flexibility index (Phi) is 5.00. The van der Waals surface area contributed by atoms with E-state index >= 15 is 0 Å². The Balaban J connectivity index is 2.08. The highest BCUT2D eigenvalue weighted by Crippen LogP contribution is 2.26. The summed E-state index contributed by atoms with van der Waals surface area (Å²) in [5, 5.41) is 3.30. The number of nitrogens with zero attached hydrogens (tertiary/aromatic N) is 3. The van der Waals surface area contributed by atoms with Crippen LogP contribution >= 0.6 is 0 Å². The molecule has 4 heteroatoms. The molecule has 20 heavy (non-hydrogen) atoms. The van der Waals surface area contributed by atoms with Gasteiger partial charge in [0.05, 0.1) is 17.6 Å². The molecule has 0 radical (unpaired) electrons. The van der Waals surface area contributed by atoms with Crippen LogP contribution in [0.2, 0.25) is 0 Å². The first-order chi connectivity index (χ1) is 9.56. The Morgan fingerprint density at radius 1 is 1.40 bits per heavy atom. The Morgan fingerprint density at radius 2 is 2.15 bits per heavy atom. The molecule has 1 N–H and O–H groups in total. The topological polar surface area (TPSA) is 31.4 Å². The molecule has 2 heterocycles. The molecule has 2 rings (SSSR count). The molecule has 1 aliphatic rings. The van der Waals surface area contributed by atoms with Crippen LogP contribution in [0.5, 0.6) is 0 Å². The van der Waals surface area contributed by atoms with E-state index < -0.39 is 0 Å². The summed E-state index contributed by atoms with van der Waals surface area (Å²) in [6.07, 6.45) is 3.09. The van der Waals surface area contributed by atoms with E-state index in [0.717, 1.165) is 25.2 Å². The lowest BCUT2D eigenvalue weighted by Crippen LogP contribution is -2.34. The maximum Gasteiger partial charge on any atom is 0.0574 e. The van der Waals surface area contributed by atoms with Gasteiger partial charge in [0, 0.05) is 25.2 Å². The molecule has 0 amide bonds. The number of likely N-dealkylation sites (N-methyl/N-ethyl adjacent to an activating group) is 1. The summed E-state index contributed by atoms with van der Waals surface area (Å²) in [6, 6.07) is 5.37. The van der Waals surface area contributed by atoms with Gasteiger partial charge in [0.15, 0.2) is 0 Å². The zero-order valence-corrected chi connectivity index (χ0v) is 13.4. The van der Waals surface area contributed by atoms with Gasteiger partial charge in [-0.1, -0.05) is 13.8 Å². The highest BCUT2D eigenvalue weighted by Gasteiger charge is 2.31. The molecule has 0 spiro atoms. The molecular formula is C16H28N4. The Hall–Kier alpha value is -1.13. The summed E-state index contributed by atoms with van der Waals surface area (Å²) >= 11 is 0. The summed E-state index contributed by atoms with van der Waals surface area (Å²) in [5.41, 5.74) is 2.38. The minimum Gasteiger partial charge on any atom is -0.368 e. The van der Waals surface area contributed by atoms with Crippen LogP contribution in [0.25, 0.3) is 0 Å². The average molecular weight is 276 g/mol. The fraction of sp³-hybridized carbons (Fsp3) is 0.688. The maximum atomic E-state index is 4.64. The highest BCUT2D eigenvalue weighted by atomic mass is 15.2. The van der Waals surface area contributed by atoms with Gasteiger partial charge in [0.25, 0.3) is 0 Å². The SMILES string of the molecule is CCC(NC)c1ccc(N2CC(C)C(N(C)C)C2)cn1. The number of hydrogen-bond donors (Lipinski definition) is 1. The molecule has 1 saturated heterocycles. The van der Waals surface area contributed by atoms with Crippen LogP contribution in [0.3, 0.4) is 0 Å². The first kappa shape index (κ1) is 15.3. The van der Waals surface area contributed by atoms with Crippen LogP contribution in [0, 0.1) is 5.92 Å². The third kappa shape index (κ3) is 3.13. The summed E-state index contributed by atoms with van der Waals surface area (Å²) in [4.78, 5) is 9.43. The first-order valence-electron chi connectivity index (χ1n) is 7.61. The number of aromatic nitrogens is 1. The lowest BCUT2D eigenvalue weighted by atomic mass is 10.1. The van der Waals surface area contributed by atoms with Crippen molar-refractivity contribution in [3.8, 4) is 0 Å². The maximum absolute atomic E-state index is 4.64. The van der Waals surface area contributed by atoms with E-state index in [-0.39, 0.29) is 0 Å². The van der Waals surface area contributed by atoms with Gasteiger partial charge in [0.2, 0.25) is 0 Å². The quantitative estimate of drug-likeness (QED) is 0.893. The summed E-state index contributed by atoms with van der Waals surface area (Å²) in [7, 11) is 6.34. The zero-order valence-electron chi connectivity index (χ0n) is 13.4. The standard InChI is InChI=1S/C16H28N4/c1-6-14(17-3)15-8-7-13(9-18-15)20-10-12(2)16(11-20)19(4)5/h7-9,12,14,16-17H,6,10-11H2,1-5H3. The molecule has 1 aromatic heterocycles. The number of hydrogen-bond acceptors (Lipinski definition) is 4. The van der Waals surface area contributed by atoms with Crippen LogP contribution in [0.15, 0.2) is 18.3 Å². The molecule has 1 aliphatic heterocycles. The smallest absolute Gasteiger partial charge is 0.0574 e. The molecule has 0 aromatic carbocycles. The van der Waals surface area contributed by atoms with Crippen molar-refractivity contribution >= 4 is 5.69 Å². The fourth-order valence-corrected chi connectivity index (χ4v) is 3.18. The van der Waals surface area contributed by atoms with Crippen LogP contribution in [-0.2, 0) is 0 Å². The van der Waals surface area contributed by atoms with Crippen molar-refractivity contribution in [3.63, 3.8) is 0 Å². The Morgan fingerprint density at radius 3 is 2.60 bits per heavy atom. The van der Waals surface area contributed by atoms with Crippen molar-refractivity contribution in [2.75, 3.05) is 39.1 Å². The molecule has 0 saturated carbocycles. The van der Waals surface area contributed by atoms with Crippen molar-refractivity contribution in [1.82, 2.24) is 15.2 Å². The third-order valence-electron chi connectivity index (χ3n) is 4.49. The molecule has 3 unspecified atom stereocenters. The monoisotopic (exact) mass is 276 g/mol. The molecule has 0 aliphatic carbocycles. The van der Waals surface area contributed by atoms with Gasteiger partial charge in [-0.25, -0.2) is 0 Å². The lowest BCUT2D eigenvalue weighted by Gasteiger charge is -2.23. The minimum absolute atomic E-state index is 0.357. The van der Waals surface area contributed by atoms with Crippen molar-refractivity contribution < 1.29 is 0 Å². The van der Waals surface area contributed by atoms with Gasteiger partial charge >= 0.3 is 0 Å². The van der Waals surface area contributed by atoms with E-state index in [1.165, 1.54) is 5.69 Å². The van der Waals surface area contributed by atoms with Crippen molar-refractivity contribution in [2.45, 2.75) is 32.4 Å². The lowest BCUT2D eigenvalue weighted by molar-refractivity contribution is 0.266. The fourth-order valence-electron chi connectivity index (χ4n) is 3.18. The van der Waals surface area contributed by atoms with Crippen molar-refractivity contribution in [3.05, 3.63) is 24.0 Å². The van der Waals surface area contributed by atoms with E-state index in [4.69, 9.17) is 0 Å². The molecule has 0 bridgehead atoms. The minimum atomic E-state index is 0.357. The molecule has 3 atom stereocenters. The predicted octanol–water partition coefficient (Wildman–Crippen LogP) is 2.14. The highest BCUT2D eigenvalue weighted by molar-refractivity contribution is 5.46. The zero-order chi connectivity index (χ0) is 14.7. The van der Waals surface area contributed by atoms with Gasteiger partial charge < -0.3 is 15.1 Å². The van der Waals surface area contributed by atoms with Gasteiger partial charge in [0.1, 0.15) is 0 Å². The summed E-state index contributed by atoms with van der Waals surface area (Å²) in [5.74, 6) is 0.699. The number of nitrogens with one attached hydrogen (secondary N) is 1. The van der Waals surface area contributed by atoms with Gasteiger partial charge in [-0.2, -0.15) is 0 Å². The van der Waals surface area contributed by atoms with E-state index in [1.54, 1.807) is 0 Å². The van der Waals surface area contributed by atoms with Crippen LogP contribution in [0.1, 0.15) is 32.0 Å². The molecule has 1 fully saturated rings. The Labute approximate surface area is 123 Å². The summed E-state index contributed by atoms with van der Waals surface area (Å²) < 4.78 is 0. The van der Waals surface area contributed by atoms with Crippen LogP contribution < -0.4 is 10.2 Å². The van der Waals surface area contributed by atoms with Crippen molar-refractivity contribution in [2.24, 2.45) is 5.92 Å². The molecule has 112 valence electrons. The Bertz CT molecular complexity index is 411. The number of anilines is 1. The van der Waals surface area contributed by atoms with Gasteiger partial charge in [-0.05, 0) is 45.6 Å². The molecule has 1 aromatic rings. The van der Waals surface area contributed by atoms with Crippen LogP contribution in [0.4, 0.5) is 5.69 Å².